The highest BCUT2D eigenvalue weighted by Gasteiger charge is 2.53. The van der Waals surface area contributed by atoms with Gasteiger partial charge in [-0.15, -0.1) is 0 Å². The van der Waals surface area contributed by atoms with Crippen LogP contribution in [0.5, 0.6) is 5.75 Å². The fourth-order valence-electron chi connectivity index (χ4n) is 4.82. The first-order valence-electron chi connectivity index (χ1n) is 10.3. The average Bonchev–Trinajstić information content (AvgIpc) is 3.47. The Balaban J connectivity index is 1.31. The number of fused-ring (bicyclic) bond motifs is 1. The summed E-state index contributed by atoms with van der Waals surface area (Å²) in [6.07, 6.45) is 6.07. The van der Waals surface area contributed by atoms with Gasteiger partial charge >= 0.3 is 0 Å². The Labute approximate surface area is 179 Å². The molecule has 1 aliphatic heterocycles. The standard InChI is InChI=1S/C24H25BrN2O2/c1-29-19-5-6-22-20(14-19)21(15-26-22)16-7-11-27(12-8-16)23(28)24(9-10-24)17-3-2-4-18(25)13-17/h2-6,13-16,26H,7-12H2,1H3. The van der Waals surface area contributed by atoms with Gasteiger partial charge in [-0.3, -0.25) is 4.79 Å². The Hall–Kier alpha value is -2.27. The van der Waals surface area contributed by atoms with Crippen LogP contribution in [0.1, 0.15) is 42.7 Å². The molecule has 0 bridgehead atoms. The predicted molar refractivity (Wildman–Crippen MR) is 118 cm³/mol. The van der Waals surface area contributed by atoms with Crippen LogP contribution in [0.4, 0.5) is 0 Å². The molecule has 2 heterocycles. The normalized spacial score (nSPS) is 18.8. The Kier molecular flexibility index (Phi) is 4.66. The van der Waals surface area contributed by atoms with Crippen LogP contribution in [0.15, 0.2) is 53.1 Å². The number of halogens is 1. The third kappa shape index (κ3) is 3.25. The zero-order valence-corrected chi connectivity index (χ0v) is 18.2. The zero-order valence-electron chi connectivity index (χ0n) is 16.6. The number of rotatable bonds is 4. The number of hydrogen-bond acceptors (Lipinski definition) is 2. The van der Waals surface area contributed by atoms with E-state index in [4.69, 9.17) is 4.74 Å². The Morgan fingerprint density at radius 2 is 1.97 bits per heavy atom. The third-order valence-electron chi connectivity index (χ3n) is 6.68. The monoisotopic (exact) mass is 452 g/mol. The van der Waals surface area contributed by atoms with Crippen molar-refractivity contribution < 1.29 is 9.53 Å². The molecule has 2 aliphatic rings. The van der Waals surface area contributed by atoms with Crippen molar-refractivity contribution in [2.45, 2.75) is 37.0 Å². The second-order valence-corrected chi connectivity index (χ2v) is 9.23. The SMILES string of the molecule is COc1ccc2[nH]cc(C3CCN(C(=O)C4(c5cccc(Br)c5)CC4)CC3)c2c1. The first kappa shape index (κ1) is 18.7. The lowest BCUT2D eigenvalue weighted by Crippen LogP contribution is -2.43. The highest BCUT2D eigenvalue weighted by molar-refractivity contribution is 9.10. The third-order valence-corrected chi connectivity index (χ3v) is 7.17. The fourth-order valence-corrected chi connectivity index (χ4v) is 5.22. The van der Waals surface area contributed by atoms with Crippen molar-refractivity contribution >= 4 is 32.7 Å². The predicted octanol–water partition coefficient (Wildman–Crippen LogP) is 5.38. The number of aromatic nitrogens is 1. The number of nitrogens with one attached hydrogen (secondary N) is 1. The molecule has 2 aromatic carbocycles. The summed E-state index contributed by atoms with van der Waals surface area (Å²) in [5, 5.41) is 1.24. The number of nitrogens with zero attached hydrogens (tertiary/aromatic N) is 1. The summed E-state index contributed by atoms with van der Waals surface area (Å²) in [7, 11) is 1.70. The summed E-state index contributed by atoms with van der Waals surface area (Å²) in [5.74, 6) is 1.67. The van der Waals surface area contributed by atoms with Crippen LogP contribution in [0.3, 0.4) is 0 Å². The van der Waals surface area contributed by atoms with Crippen molar-refractivity contribution in [2.24, 2.45) is 0 Å². The van der Waals surface area contributed by atoms with E-state index in [2.05, 4.69) is 56.3 Å². The van der Waals surface area contributed by atoms with Gasteiger partial charge in [0.25, 0.3) is 0 Å². The number of carbonyl (C=O) groups excluding carboxylic acids is 1. The summed E-state index contributed by atoms with van der Waals surface area (Å²) in [6.45, 7) is 1.66. The largest absolute Gasteiger partial charge is 0.497 e. The van der Waals surface area contributed by atoms with Gasteiger partial charge in [0, 0.05) is 34.7 Å². The Morgan fingerprint density at radius 3 is 2.66 bits per heavy atom. The van der Waals surface area contributed by atoms with Gasteiger partial charge in [-0.1, -0.05) is 28.1 Å². The molecular weight excluding hydrogens is 428 g/mol. The lowest BCUT2D eigenvalue weighted by Gasteiger charge is -2.34. The maximum Gasteiger partial charge on any atom is 0.233 e. The van der Waals surface area contributed by atoms with E-state index in [0.29, 0.717) is 11.8 Å². The highest BCUT2D eigenvalue weighted by atomic mass is 79.9. The van der Waals surface area contributed by atoms with Crippen molar-refractivity contribution in [3.63, 3.8) is 0 Å². The Bertz CT molecular complexity index is 1060. The van der Waals surface area contributed by atoms with Crippen molar-refractivity contribution in [3.05, 3.63) is 64.3 Å². The van der Waals surface area contributed by atoms with Crippen LogP contribution < -0.4 is 4.74 Å². The van der Waals surface area contributed by atoms with E-state index in [1.54, 1.807) is 7.11 Å². The molecule has 3 aromatic rings. The maximum atomic E-state index is 13.4. The fraction of sp³-hybridized carbons (Fsp3) is 0.375. The number of hydrogen-bond donors (Lipinski definition) is 1. The van der Waals surface area contributed by atoms with Crippen LogP contribution in [0.25, 0.3) is 10.9 Å². The molecule has 1 amide bonds. The van der Waals surface area contributed by atoms with Crippen LogP contribution in [-0.4, -0.2) is 36.0 Å². The average molecular weight is 453 g/mol. The van der Waals surface area contributed by atoms with E-state index in [9.17, 15) is 4.79 Å². The molecule has 1 N–H and O–H groups in total. The van der Waals surface area contributed by atoms with Crippen LogP contribution in [0, 0.1) is 0 Å². The van der Waals surface area contributed by atoms with Crippen LogP contribution in [-0.2, 0) is 10.2 Å². The first-order chi connectivity index (χ1) is 14.1. The summed E-state index contributed by atoms with van der Waals surface area (Å²) in [4.78, 5) is 18.9. The number of ether oxygens (including phenoxy) is 1. The van der Waals surface area contributed by atoms with Gasteiger partial charge in [-0.05, 0) is 73.1 Å². The van der Waals surface area contributed by atoms with E-state index in [1.807, 2.05) is 18.2 Å². The summed E-state index contributed by atoms with van der Waals surface area (Å²) < 4.78 is 6.45. The minimum absolute atomic E-state index is 0.287. The second-order valence-electron chi connectivity index (χ2n) is 8.31. The second kappa shape index (κ2) is 7.21. The van der Waals surface area contributed by atoms with E-state index in [1.165, 1.54) is 10.9 Å². The van der Waals surface area contributed by atoms with Gasteiger partial charge < -0.3 is 14.6 Å². The zero-order chi connectivity index (χ0) is 20.0. The molecule has 1 aliphatic carbocycles. The lowest BCUT2D eigenvalue weighted by atomic mass is 9.87. The topological polar surface area (TPSA) is 45.3 Å². The number of likely N-dealkylation sites (tertiary alicyclic amines) is 1. The smallest absolute Gasteiger partial charge is 0.233 e. The number of piperidine rings is 1. The van der Waals surface area contributed by atoms with Gasteiger partial charge in [0.15, 0.2) is 0 Å². The van der Waals surface area contributed by atoms with Gasteiger partial charge in [-0.2, -0.15) is 0 Å². The van der Waals surface area contributed by atoms with E-state index < -0.39 is 0 Å². The number of amides is 1. The van der Waals surface area contributed by atoms with E-state index >= 15 is 0 Å². The molecule has 4 nitrogen and oxygen atoms in total. The van der Waals surface area contributed by atoms with Crippen molar-refractivity contribution in [3.8, 4) is 5.75 Å². The van der Waals surface area contributed by atoms with Crippen molar-refractivity contribution in [2.75, 3.05) is 20.2 Å². The van der Waals surface area contributed by atoms with Crippen molar-refractivity contribution in [1.82, 2.24) is 9.88 Å². The van der Waals surface area contributed by atoms with Crippen LogP contribution in [0.2, 0.25) is 0 Å². The number of carbonyl (C=O) groups is 1. The lowest BCUT2D eigenvalue weighted by molar-refractivity contribution is -0.135. The maximum absolute atomic E-state index is 13.4. The molecular formula is C24H25BrN2O2. The Morgan fingerprint density at radius 1 is 1.17 bits per heavy atom. The van der Waals surface area contributed by atoms with Crippen LogP contribution >= 0.6 is 15.9 Å². The molecule has 1 aromatic heterocycles. The molecule has 0 spiro atoms. The summed E-state index contributed by atoms with van der Waals surface area (Å²) in [5.41, 5.74) is 3.36. The summed E-state index contributed by atoms with van der Waals surface area (Å²) in [6, 6.07) is 14.4. The van der Waals surface area contributed by atoms with Gasteiger partial charge in [-0.25, -0.2) is 0 Å². The quantitative estimate of drug-likeness (QED) is 0.577. The van der Waals surface area contributed by atoms with E-state index in [-0.39, 0.29) is 5.41 Å². The number of methoxy groups -OCH3 is 1. The van der Waals surface area contributed by atoms with E-state index in [0.717, 1.165) is 60.1 Å². The number of aromatic amines is 1. The molecule has 2 fully saturated rings. The summed E-state index contributed by atoms with van der Waals surface area (Å²) >= 11 is 3.55. The molecule has 5 rings (SSSR count). The molecule has 1 saturated heterocycles. The highest BCUT2D eigenvalue weighted by Crippen LogP contribution is 2.50. The van der Waals surface area contributed by atoms with Gasteiger partial charge in [0.1, 0.15) is 5.75 Å². The minimum atomic E-state index is -0.287. The first-order valence-corrected chi connectivity index (χ1v) is 11.1. The molecule has 0 atom stereocenters. The minimum Gasteiger partial charge on any atom is -0.497 e. The molecule has 150 valence electrons. The molecule has 1 saturated carbocycles. The number of benzene rings is 2. The molecule has 5 heteroatoms. The van der Waals surface area contributed by atoms with Gasteiger partial charge in [0.2, 0.25) is 5.91 Å². The molecule has 0 radical (unpaired) electrons. The molecule has 29 heavy (non-hydrogen) atoms. The number of H-pyrrole nitrogens is 1. The van der Waals surface area contributed by atoms with Gasteiger partial charge in [0.05, 0.1) is 12.5 Å². The molecule has 0 unspecified atom stereocenters. The van der Waals surface area contributed by atoms with Crippen molar-refractivity contribution in [1.29, 1.82) is 0 Å².